The van der Waals surface area contributed by atoms with Gasteiger partial charge >= 0.3 is 0 Å². The Balaban J connectivity index is 2.86. The van der Waals surface area contributed by atoms with Gasteiger partial charge < -0.3 is 0 Å². The van der Waals surface area contributed by atoms with Crippen LogP contribution in [0, 0.1) is 0 Å². The van der Waals surface area contributed by atoms with Crippen LogP contribution in [0.15, 0.2) is 0 Å². The fourth-order valence-corrected chi connectivity index (χ4v) is 3.88. The molecule has 0 aromatic heterocycles. The maximum atomic E-state index is 12.1. The first-order chi connectivity index (χ1) is 6.91. The molecule has 1 rings (SSSR count). The summed E-state index contributed by atoms with van der Waals surface area (Å²) in [6.45, 7) is 4.32. The van der Waals surface area contributed by atoms with Gasteiger partial charge in [-0.2, -0.15) is 17.0 Å². The van der Waals surface area contributed by atoms with Crippen molar-refractivity contribution < 1.29 is 8.42 Å². The molecule has 1 fully saturated rings. The topological polar surface area (TPSA) is 40.6 Å². The molecule has 0 saturated carbocycles. The van der Waals surface area contributed by atoms with Crippen LogP contribution in [-0.2, 0) is 10.2 Å². The molecule has 0 aromatic carbocycles. The average Bonchev–Trinajstić information content (AvgIpc) is 2.64. The SMILES string of the molecule is CC(C)N(C)S(=O)(=O)N1CCCC1CCl. The molecule has 0 N–H and O–H groups in total. The van der Waals surface area contributed by atoms with Gasteiger partial charge in [0.1, 0.15) is 0 Å². The van der Waals surface area contributed by atoms with Crippen molar-refractivity contribution in [2.45, 2.75) is 38.8 Å². The van der Waals surface area contributed by atoms with Crippen LogP contribution in [0.2, 0.25) is 0 Å². The van der Waals surface area contributed by atoms with E-state index in [2.05, 4.69) is 0 Å². The summed E-state index contributed by atoms with van der Waals surface area (Å²) in [5, 5.41) is 0. The van der Waals surface area contributed by atoms with Crippen LogP contribution in [-0.4, -0.2) is 48.6 Å². The third kappa shape index (κ3) is 2.64. The van der Waals surface area contributed by atoms with Gasteiger partial charge in [-0.25, -0.2) is 0 Å². The van der Waals surface area contributed by atoms with E-state index in [4.69, 9.17) is 11.6 Å². The van der Waals surface area contributed by atoms with E-state index >= 15 is 0 Å². The predicted molar refractivity (Wildman–Crippen MR) is 62.3 cm³/mol. The Labute approximate surface area is 97.4 Å². The van der Waals surface area contributed by atoms with E-state index in [1.165, 1.54) is 8.61 Å². The van der Waals surface area contributed by atoms with E-state index in [1.54, 1.807) is 7.05 Å². The second-order valence-corrected chi connectivity index (χ2v) is 6.43. The molecule has 1 aliphatic heterocycles. The molecule has 0 radical (unpaired) electrons. The van der Waals surface area contributed by atoms with Crippen LogP contribution in [0.1, 0.15) is 26.7 Å². The molecule has 0 aliphatic carbocycles. The van der Waals surface area contributed by atoms with Crippen molar-refractivity contribution in [3.63, 3.8) is 0 Å². The summed E-state index contributed by atoms with van der Waals surface area (Å²) in [6, 6.07) is -0.0514. The van der Waals surface area contributed by atoms with E-state index < -0.39 is 10.2 Å². The minimum Gasteiger partial charge on any atom is -0.195 e. The number of hydrogen-bond acceptors (Lipinski definition) is 2. The van der Waals surface area contributed by atoms with E-state index in [0.717, 1.165) is 12.8 Å². The van der Waals surface area contributed by atoms with Crippen LogP contribution in [0.4, 0.5) is 0 Å². The Kier molecular flexibility index (Phi) is 4.40. The van der Waals surface area contributed by atoms with Crippen LogP contribution in [0.3, 0.4) is 0 Å². The van der Waals surface area contributed by atoms with Gasteiger partial charge in [-0.3, -0.25) is 0 Å². The lowest BCUT2D eigenvalue weighted by Gasteiger charge is -2.29. The first-order valence-corrected chi connectivity index (χ1v) is 7.15. The summed E-state index contributed by atoms with van der Waals surface area (Å²) in [5.74, 6) is 0.380. The molecule has 0 spiro atoms. The van der Waals surface area contributed by atoms with Gasteiger partial charge in [0.25, 0.3) is 10.2 Å². The monoisotopic (exact) mass is 254 g/mol. The van der Waals surface area contributed by atoms with E-state index in [0.29, 0.717) is 12.4 Å². The lowest BCUT2D eigenvalue weighted by atomic mass is 10.3. The van der Waals surface area contributed by atoms with Crippen LogP contribution in [0.5, 0.6) is 0 Å². The molecule has 4 nitrogen and oxygen atoms in total. The maximum absolute atomic E-state index is 12.1. The normalized spacial score (nSPS) is 24.3. The fourth-order valence-electron chi connectivity index (χ4n) is 1.70. The van der Waals surface area contributed by atoms with Crippen molar-refractivity contribution in [1.29, 1.82) is 0 Å². The summed E-state index contributed by atoms with van der Waals surface area (Å²) in [5.41, 5.74) is 0. The second kappa shape index (κ2) is 4.99. The van der Waals surface area contributed by atoms with Gasteiger partial charge in [0.15, 0.2) is 0 Å². The molecule has 1 heterocycles. The third-order valence-corrected chi connectivity index (χ3v) is 5.47. The van der Waals surface area contributed by atoms with Crippen LogP contribution < -0.4 is 0 Å². The number of alkyl halides is 1. The molecule has 1 saturated heterocycles. The van der Waals surface area contributed by atoms with Crippen molar-refractivity contribution in [2.24, 2.45) is 0 Å². The smallest absolute Gasteiger partial charge is 0.195 e. The molecular weight excluding hydrogens is 236 g/mol. The average molecular weight is 255 g/mol. The van der Waals surface area contributed by atoms with Crippen molar-refractivity contribution in [3.8, 4) is 0 Å². The summed E-state index contributed by atoms with van der Waals surface area (Å²) in [7, 11) is -1.70. The summed E-state index contributed by atoms with van der Waals surface area (Å²) in [6.07, 6.45) is 1.78. The summed E-state index contributed by atoms with van der Waals surface area (Å²) >= 11 is 5.77. The summed E-state index contributed by atoms with van der Waals surface area (Å²) in [4.78, 5) is 0. The third-order valence-electron chi connectivity index (χ3n) is 2.89. The highest BCUT2D eigenvalue weighted by Crippen LogP contribution is 2.24. The lowest BCUT2D eigenvalue weighted by molar-refractivity contribution is 0.333. The number of nitrogens with zero attached hydrogens (tertiary/aromatic N) is 2. The van der Waals surface area contributed by atoms with E-state index in [1.807, 2.05) is 13.8 Å². The zero-order chi connectivity index (χ0) is 11.6. The van der Waals surface area contributed by atoms with Gasteiger partial charge in [-0.1, -0.05) is 0 Å². The van der Waals surface area contributed by atoms with Crippen molar-refractivity contribution in [3.05, 3.63) is 0 Å². The quantitative estimate of drug-likeness (QED) is 0.709. The maximum Gasteiger partial charge on any atom is 0.282 e. The highest BCUT2D eigenvalue weighted by molar-refractivity contribution is 7.86. The van der Waals surface area contributed by atoms with Gasteiger partial charge in [0.05, 0.1) is 0 Å². The zero-order valence-electron chi connectivity index (χ0n) is 9.48. The fraction of sp³-hybridized carbons (Fsp3) is 1.00. The Bertz CT molecular complexity index is 305. The highest BCUT2D eigenvalue weighted by atomic mass is 35.5. The van der Waals surface area contributed by atoms with Gasteiger partial charge in [-0.15, -0.1) is 11.6 Å². The van der Waals surface area contributed by atoms with E-state index in [9.17, 15) is 8.42 Å². The molecule has 90 valence electrons. The zero-order valence-corrected chi connectivity index (χ0v) is 11.1. The van der Waals surface area contributed by atoms with Crippen LogP contribution >= 0.6 is 11.6 Å². The molecule has 0 aromatic rings. The van der Waals surface area contributed by atoms with Crippen molar-refractivity contribution in [2.75, 3.05) is 19.5 Å². The number of halogens is 1. The molecule has 1 atom stereocenters. The number of hydrogen-bond donors (Lipinski definition) is 0. The molecule has 6 heteroatoms. The first-order valence-electron chi connectivity index (χ1n) is 5.22. The molecule has 0 amide bonds. The molecule has 1 unspecified atom stereocenters. The minimum absolute atomic E-state index is 0.0217. The Hall–Kier alpha value is 0.160. The Morgan fingerprint density at radius 3 is 2.60 bits per heavy atom. The Morgan fingerprint density at radius 2 is 2.13 bits per heavy atom. The molecule has 1 aliphatic rings. The summed E-state index contributed by atoms with van der Waals surface area (Å²) < 4.78 is 27.2. The van der Waals surface area contributed by atoms with Crippen molar-refractivity contribution in [1.82, 2.24) is 8.61 Å². The van der Waals surface area contributed by atoms with Gasteiger partial charge in [-0.05, 0) is 26.7 Å². The Morgan fingerprint density at radius 1 is 1.53 bits per heavy atom. The molecule has 15 heavy (non-hydrogen) atoms. The standard InChI is InChI=1S/C9H19ClN2O2S/c1-8(2)11(3)15(13,14)12-6-4-5-9(12)7-10/h8-9H,4-7H2,1-3H3. The van der Waals surface area contributed by atoms with Crippen LogP contribution in [0.25, 0.3) is 0 Å². The number of rotatable bonds is 4. The minimum atomic E-state index is -3.32. The second-order valence-electron chi connectivity index (χ2n) is 4.18. The predicted octanol–water partition coefficient (Wildman–Crippen LogP) is 1.27. The first kappa shape index (κ1) is 13.2. The van der Waals surface area contributed by atoms with Crippen molar-refractivity contribution >= 4 is 21.8 Å². The van der Waals surface area contributed by atoms with E-state index in [-0.39, 0.29) is 12.1 Å². The molecular formula is C9H19ClN2O2S. The van der Waals surface area contributed by atoms with Gasteiger partial charge in [0, 0.05) is 31.6 Å². The lowest BCUT2D eigenvalue weighted by Crippen LogP contribution is -2.47. The van der Waals surface area contributed by atoms with Gasteiger partial charge in [0.2, 0.25) is 0 Å². The largest absolute Gasteiger partial charge is 0.282 e. The molecule has 0 bridgehead atoms. The highest BCUT2D eigenvalue weighted by Gasteiger charge is 2.36.